The number of sulfonamides is 1. The molecule has 2 aromatic rings. The number of ether oxygens (including phenoxy) is 1. The van der Waals surface area contributed by atoms with E-state index < -0.39 is 56.0 Å². The summed E-state index contributed by atoms with van der Waals surface area (Å²) in [4.78, 5) is 10.2. The lowest BCUT2D eigenvalue weighted by Crippen LogP contribution is -2.39. The molecule has 1 N–H and O–H groups in total. The lowest BCUT2D eigenvalue weighted by Gasteiger charge is -2.24. The maximum absolute atomic E-state index is 13.0. The second kappa shape index (κ2) is 9.55. The van der Waals surface area contributed by atoms with E-state index in [2.05, 4.69) is 0 Å². The monoisotopic (exact) mass is 521 g/mol. The Morgan fingerprint density at radius 2 is 1.71 bits per heavy atom. The molecule has 0 aromatic heterocycles. The fourth-order valence-corrected chi connectivity index (χ4v) is 7.17. The smallest absolute Gasteiger partial charge is 0.416 e. The van der Waals surface area contributed by atoms with Crippen LogP contribution in [0.5, 0.6) is 5.75 Å². The quantitative estimate of drug-likeness (QED) is 0.567. The molecule has 1 aliphatic heterocycles. The van der Waals surface area contributed by atoms with Crippen LogP contribution < -0.4 is 4.74 Å². The van der Waals surface area contributed by atoms with E-state index in [4.69, 9.17) is 9.84 Å². The molecule has 186 valence electrons. The molecule has 8 nitrogen and oxygen atoms in total. The molecule has 13 heteroatoms. The summed E-state index contributed by atoms with van der Waals surface area (Å²) in [5, 5.41) is 8.71. The first kappa shape index (κ1) is 26.0. The first-order valence-electron chi connectivity index (χ1n) is 10.1. The first-order chi connectivity index (χ1) is 15.7. The molecule has 1 atom stereocenters. The average Bonchev–Trinajstić information content (AvgIpc) is 3.20. The van der Waals surface area contributed by atoms with Gasteiger partial charge in [-0.05, 0) is 67.8 Å². The van der Waals surface area contributed by atoms with Gasteiger partial charge in [-0.25, -0.2) is 21.6 Å². The van der Waals surface area contributed by atoms with Crippen LogP contribution in [0.3, 0.4) is 0 Å². The molecular weight excluding hydrogens is 499 g/mol. The van der Waals surface area contributed by atoms with Crippen molar-refractivity contribution in [2.45, 2.75) is 41.8 Å². The number of carbonyl (C=O) groups is 1. The fourth-order valence-electron chi connectivity index (χ4n) is 3.71. The lowest BCUT2D eigenvalue weighted by atomic mass is 10.2. The van der Waals surface area contributed by atoms with Gasteiger partial charge in [-0.3, -0.25) is 0 Å². The van der Waals surface area contributed by atoms with Crippen molar-refractivity contribution in [3.05, 3.63) is 53.6 Å². The summed E-state index contributed by atoms with van der Waals surface area (Å²) >= 11 is 0. The van der Waals surface area contributed by atoms with E-state index >= 15 is 0 Å². The van der Waals surface area contributed by atoms with Crippen molar-refractivity contribution in [1.82, 2.24) is 4.31 Å². The Kier molecular flexibility index (Phi) is 7.29. The van der Waals surface area contributed by atoms with E-state index in [0.29, 0.717) is 24.1 Å². The molecule has 1 fully saturated rings. The Balaban J connectivity index is 1.81. The number of rotatable bonds is 8. The van der Waals surface area contributed by atoms with Crippen molar-refractivity contribution < 1.29 is 44.6 Å². The van der Waals surface area contributed by atoms with Gasteiger partial charge in [-0.2, -0.15) is 17.5 Å². The summed E-state index contributed by atoms with van der Waals surface area (Å²) in [7, 11) is -8.15. The van der Waals surface area contributed by atoms with Crippen LogP contribution >= 0.6 is 0 Å². The number of aryl methyl sites for hydroxylation is 1. The highest BCUT2D eigenvalue weighted by Gasteiger charge is 2.39. The summed E-state index contributed by atoms with van der Waals surface area (Å²) in [6.07, 6.45) is -3.93. The zero-order chi connectivity index (χ0) is 25.3. The minimum Gasteiger partial charge on any atom is -0.482 e. The number of hydrogen-bond donors (Lipinski definition) is 1. The van der Waals surface area contributed by atoms with Crippen LogP contribution in [0, 0.1) is 6.92 Å². The Labute approximate surface area is 194 Å². The summed E-state index contributed by atoms with van der Waals surface area (Å²) in [5.41, 5.74) is -0.596. The van der Waals surface area contributed by atoms with Gasteiger partial charge in [0, 0.05) is 12.6 Å². The van der Waals surface area contributed by atoms with E-state index in [1.54, 1.807) is 6.92 Å². The number of halogens is 3. The van der Waals surface area contributed by atoms with Crippen molar-refractivity contribution in [3.63, 3.8) is 0 Å². The molecule has 3 rings (SSSR count). The molecule has 0 bridgehead atoms. The molecule has 1 unspecified atom stereocenters. The van der Waals surface area contributed by atoms with Gasteiger partial charge in [0.1, 0.15) is 5.75 Å². The van der Waals surface area contributed by atoms with Gasteiger partial charge >= 0.3 is 12.1 Å². The van der Waals surface area contributed by atoms with Crippen molar-refractivity contribution in [2.75, 3.05) is 18.9 Å². The first-order valence-corrected chi connectivity index (χ1v) is 13.2. The van der Waals surface area contributed by atoms with Crippen LogP contribution in [-0.2, 0) is 30.8 Å². The van der Waals surface area contributed by atoms with Crippen molar-refractivity contribution in [3.8, 4) is 5.75 Å². The van der Waals surface area contributed by atoms with Crippen LogP contribution in [0.1, 0.15) is 24.0 Å². The highest BCUT2D eigenvalue weighted by molar-refractivity contribution is 7.91. The minimum absolute atomic E-state index is 0.0462. The molecule has 0 radical (unpaired) electrons. The SMILES string of the molecule is Cc1cc(S(=O)(=O)CC2CCCN2S(=O)(=O)c2ccc(C(F)(F)F)cc2)ccc1OCC(=O)O. The highest BCUT2D eigenvalue weighted by atomic mass is 32.2. The van der Waals surface area contributed by atoms with Crippen molar-refractivity contribution in [2.24, 2.45) is 0 Å². The van der Waals surface area contributed by atoms with Gasteiger partial charge in [-0.15, -0.1) is 0 Å². The Morgan fingerprint density at radius 1 is 1.09 bits per heavy atom. The third kappa shape index (κ3) is 5.70. The number of nitrogens with zero attached hydrogens (tertiary/aromatic N) is 1. The van der Waals surface area contributed by atoms with Gasteiger partial charge in [0.05, 0.1) is 21.1 Å². The van der Waals surface area contributed by atoms with E-state index in [1.165, 1.54) is 18.2 Å². The normalized spacial score (nSPS) is 17.6. The predicted octanol–water partition coefficient (Wildman–Crippen LogP) is 3.10. The third-order valence-electron chi connectivity index (χ3n) is 5.38. The summed E-state index contributed by atoms with van der Waals surface area (Å²) in [6.45, 7) is 1.00. The van der Waals surface area contributed by atoms with E-state index in [-0.39, 0.29) is 28.5 Å². The molecule has 0 amide bonds. The minimum atomic E-state index is -4.61. The van der Waals surface area contributed by atoms with Gasteiger partial charge < -0.3 is 9.84 Å². The zero-order valence-corrected chi connectivity index (χ0v) is 19.6. The van der Waals surface area contributed by atoms with Crippen LogP contribution in [-0.4, -0.2) is 57.2 Å². The number of alkyl halides is 3. The maximum atomic E-state index is 13.0. The largest absolute Gasteiger partial charge is 0.482 e. The molecule has 1 heterocycles. The molecular formula is C21H22F3NO7S2. The fraction of sp³-hybridized carbons (Fsp3) is 0.381. The van der Waals surface area contributed by atoms with E-state index in [0.717, 1.165) is 16.4 Å². The predicted molar refractivity (Wildman–Crippen MR) is 115 cm³/mol. The molecule has 34 heavy (non-hydrogen) atoms. The number of carboxylic acids is 1. The highest BCUT2D eigenvalue weighted by Crippen LogP contribution is 2.32. The van der Waals surface area contributed by atoms with Crippen molar-refractivity contribution in [1.29, 1.82) is 0 Å². The van der Waals surface area contributed by atoms with Gasteiger partial charge in [0.2, 0.25) is 10.0 Å². The van der Waals surface area contributed by atoms with Crippen LogP contribution in [0.2, 0.25) is 0 Å². The second-order valence-corrected chi connectivity index (χ2v) is 11.7. The van der Waals surface area contributed by atoms with Crippen LogP contribution in [0.4, 0.5) is 13.2 Å². The second-order valence-electron chi connectivity index (χ2n) is 7.83. The topological polar surface area (TPSA) is 118 Å². The van der Waals surface area contributed by atoms with E-state index in [1.807, 2.05) is 0 Å². The number of carboxylic acid groups (broad SMARTS) is 1. The van der Waals surface area contributed by atoms with E-state index in [9.17, 15) is 34.8 Å². The standard InChI is InChI=1S/C21H22F3NO7S2/c1-14-11-18(8-9-19(14)32-12-20(26)27)33(28,29)13-16-3-2-10-25(16)34(30,31)17-6-4-15(5-7-17)21(22,23)24/h4-9,11,16H,2-3,10,12-13H2,1H3,(H,26,27). The molecule has 1 saturated heterocycles. The maximum Gasteiger partial charge on any atom is 0.416 e. The summed E-state index contributed by atoms with van der Waals surface area (Å²) in [5.74, 6) is -1.50. The molecule has 0 aliphatic carbocycles. The van der Waals surface area contributed by atoms with Gasteiger partial charge in [0.15, 0.2) is 16.4 Å². The number of benzene rings is 2. The Morgan fingerprint density at radius 3 is 2.26 bits per heavy atom. The number of aliphatic carboxylic acids is 1. The van der Waals surface area contributed by atoms with Crippen LogP contribution in [0.25, 0.3) is 0 Å². The zero-order valence-electron chi connectivity index (χ0n) is 17.9. The van der Waals surface area contributed by atoms with Gasteiger partial charge in [0.25, 0.3) is 0 Å². The number of sulfone groups is 1. The molecule has 0 saturated carbocycles. The average molecular weight is 522 g/mol. The summed E-state index contributed by atoms with van der Waals surface area (Å²) in [6, 6.07) is 6.08. The molecule has 0 spiro atoms. The molecule has 1 aliphatic rings. The summed E-state index contributed by atoms with van der Waals surface area (Å²) < 4.78 is 96.6. The van der Waals surface area contributed by atoms with Crippen molar-refractivity contribution >= 4 is 25.8 Å². The molecule has 2 aromatic carbocycles. The Hall–Kier alpha value is -2.64. The van der Waals surface area contributed by atoms with Crippen LogP contribution in [0.15, 0.2) is 52.3 Å². The number of hydrogen-bond acceptors (Lipinski definition) is 6. The third-order valence-corrected chi connectivity index (χ3v) is 9.14. The lowest BCUT2D eigenvalue weighted by molar-refractivity contribution is -0.139. The van der Waals surface area contributed by atoms with Gasteiger partial charge in [-0.1, -0.05) is 0 Å². The Bertz CT molecular complexity index is 1270.